The maximum absolute atomic E-state index is 15.0. The zero-order valence-electron chi connectivity index (χ0n) is 25.0. The molecule has 6 rings (SSSR count). The van der Waals surface area contributed by atoms with Gasteiger partial charge in [-0.3, -0.25) is 14.5 Å². The molecule has 0 spiro atoms. The summed E-state index contributed by atoms with van der Waals surface area (Å²) in [6, 6.07) is 10.3. The molecule has 0 saturated carbocycles. The first-order chi connectivity index (χ1) is 19.5. The highest BCUT2D eigenvalue weighted by Crippen LogP contribution is 2.42. The minimum absolute atomic E-state index is 0.125. The monoisotopic (exact) mass is 566 g/mol. The number of nitrogens with two attached hydrogens (primary N) is 1. The van der Waals surface area contributed by atoms with Crippen molar-refractivity contribution in [2.45, 2.75) is 104 Å². The second-order valence-electron chi connectivity index (χ2n) is 11.3. The Bertz CT molecular complexity index is 1310. The Kier molecular flexibility index (Phi) is 9.24. The first-order valence-electron chi connectivity index (χ1n) is 14.7. The number of carbonyl (C=O) groups excluding carboxylic acids is 2. The third-order valence-corrected chi connectivity index (χ3v) is 7.84. The first-order valence-corrected chi connectivity index (χ1v) is 14.7. The molecule has 0 radical (unpaired) electrons. The zero-order chi connectivity index (χ0) is 29.9. The quantitative estimate of drug-likeness (QED) is 0.489. The summed E-state index contributed by atoms with van der Waals surface area (Å²) in [4.78, 5) is 32.8. The van der Waals surface area contributed by atoms with Crippen LogP contribution in [-0.4, -0.2) is 47.1 Å². The number of halogens is 1. The number of hydrogen-bond acceptors (Lipinski definition) is 6. The number of aliphatic imine (C=N–C) groups is 1. The summed E-state index contributed by atoms with van der Waals surface area (Å²) in [5, 5.41) is 3.19. The molecule has 9 heteroatoms. The van der Waals surface area contributed by atoms with E-state index in [4.69, 9.17) is 15.2 Å². The molecule has 3 N–H and O–H groups in total. The van der Waals surface area contributed by atoms with Crippen molar-refractivity contribution in [1.82, 2.24) is 10.2 Å². The van der Waals surface area contributed by atoms with Crippen LogP contribution in [0.2, 0.25) is 0 Å². The number of guanidine groups is 1. The molecule has 0 saturated heterocycles. The number of hydrogen-bond donors (Lipinski definition) is 2. The molecule has 4 atom stereocenters. The lowest BCUT2D eigenvalue weighted by Crippen LogP contribution is -2.46. The largest absolute Gasteiger partial charge is 0.494 e. The van der Waals surface area contributed by atoms with Crippen LogP contribution in [0, 0.1) is 0 Å². The van der Waals surface area contributed by atoms with Crippen LogP contribution in [0.5, 0.6) is 11.5 Å². The van der Waals surface area contributed by atoms with Crippen LogP contribution < -0.4 is 20.5 Å². The van der Waals surface area contributed by atoms with Crippen LogP contribution in [0.25, 0.3) is 0 Å². The molecule has 0 aliphatic carbocycles. The number of fused-ring (bicyclic) bond motifs is 4. The Morgan fingerprint density at radius 1 is 1.20 bits per heavy atom. The average molecular weight is 567 g/mol. The number of alkyl halides is 1. The lowest BCUT2D eigenvalue weighted by molar-refractivity contribution is -0.129. The zero-order valence-corrected chi connectivity index (χ0v) is 25.0. The van der Waals surface area contributed by atoms with Gasteiger partial charge in [-0.15, -0.1) is 0 Å². The molecule has 8 nitrogen and oxygen atoms in total. The third kappa shape index (κ3) is 6.66. The molecule has 4 aliphatic rings. The van der Waals surface area contributed by atoms with E-state index in [2.05, 4.69) is 10.3 Å². The first kappa shape index (κ1) is 30.3. The molecule has 4 heterocycles. The number of amides is 2. The fourth-order valence-electron chi connectivity index (χ4n) is 5.90. The summed E-state index contributed by atoms with van der Waals surface area (Å²) in [5.74, 6) is 0.577. The molecule has 2 aromatic rings. The number of benzene rings is 2. The van der Waals surface area contributed by atoms with Gasteiger partial charge in [-0.25, -0.2) is 9.38 Å². The van der Waals surface area contributed by atoms with Crippen LogP contribution in [0.4, 0.5) is 4.39 Å². The van der Waals surface area contributed by atoms with Crippen molar-refractivity contribution >= 4 is 17.8 Å². The fraction of sp³-hybridized carbons (Fsp3) is 0.531. The number of carbonyl (C=O) groups is 2. The topological polar surface area (TPSA) is 106 Å². The minimum atomic E-state index is -1.12. The number of ether oxygens (including phenoxy) is 2. The summed E-state index contributed by atoms with van der Waals surface area (Å²) in [5.41, 5.74) is 8.55. The van der Waals surface area contributed by atoms with Crippen LogP contribution in [0.15, 0.2) is 41.4 Å². The number of rotatable bonds is 3. The van der Waals surface area contributed by atoms with E-state index in [0.717, 1.165) is 11.1 Å². The van der Waals surface area contributed by atoms with Crippen LogP contribution in [0.1, 0.15) is 106 Å². The molecule has 222 valence electrons. The Morgan fingerprint density at radius 3 is 2.63 bits per heavy atom. The van der Waals surface area contributed by atoms with E-state index in [0.29, 0.717) is 48.5 Å². The van der Waals surface area contributed by atoms with Gasteiger partial charge < -0.3 is 20.5 Å². The van der Waals surface area contributed by atoms with Crippen molar-refractivity contribution in [3.63, 3.8) is 0 Å². The van der Waals surface area contributed by atoms with Crippen molar-refractivity contribution < 1.29 is 23.5 Å². The van der Waals surface area contributed by atoms with Gasteiger partial charge in [-0.05, 0) is 76.4 Å². The van der Waals surface area contributed by atoms with Crippen LogP contribution >= 0.6 is 0 Å². The van der Waals surface area contributed by atoms with Gasteiger partial charge in [0.2, 0.25) is 5.91 Å². The van der Waals surface area contributed by atoms with Gasteiger partial charge in [0.1, 0.15) is 23.3 Å². The van der Waals surface area contributed by atoms with E-state index in [-0.39, 0.29) is 42.8 Å². The van der Waals surface area contributed by atoms with Gasteiger partial charge >= 0.3 is 0 Å². The van der Waals surface area contributed by atoms with E-state index in [1.54, 1.807) is 25.1 Å². The lowest BCUT2D eigenvalue weighted by atomic mass is 9.84. The fourth-order valence-corrected chi connectivity index (χ4v) is 5.90. The summed E-state index contributed by atoms with van der Waals surface area (Å²) in [6.45, 7) is 12.0. The molecule has 4 unspecified atom stereocenters. The molecule has 4 aliphatic heterocycles. The minimum Gasteiger partial charge on any atom is -0.494 e. The van der Waals surface area contributed by atoms with E-state index in [1.165, 1.54) is 4.90 Å². The van der Waals surface area contributed by atoms with E-state index < -0.39 is 17.7 Å². The van der Waals surface area contributed by atoms with Gasteiger partial charge in [0, 0.05) is 35.4 Å². The smallest absolute Gasteiger partial charge is 0.251 e. The summed E-state index contributed by atoms with van der Waals surface area (Å²) in [7, 11) is 0. The van der Waals surface area contributed by atoms with E-state index >= 15 is 0 Å². The van der Waals surface area contributed by atoms with Crippen molar-refractivity contribution in [2.75, 3.05) is 6.61 Å². The van der Waals surface area contributed by atoms with Crippen LogP contribution in [0.3, 0.4) is 0 Å². The van der Waals surface area contributed by atoms with Crippen molar-refractivity contribution in [1.29, 1.82) is 0 Å². The van der Waals surface area contributed by atoms with Gasteiger partial charge in [-0.2, -0.15) is 0 Å². The third-order valence-electron chi connectivity index (χ3n) is 7.84. The second kappa shape index (κ2) is 12.5. The average Bonchev–Trinajstić information content (AvgIpc) is 2.92. The highest BCUT2D eigenvalue weighted by Gasteiger charge is 2.36. The maximum atomic E-state index is 15.0. The molecular formula is C32H43FN4O4. The molecule has 0 aromatic heterocycles. The number of nitrogens with one attached hydrogen (secondary N) is 1. The standard InChI is InChI=1S/C30H37FN4O4.C2H6/c1-5-38-25-10-7-19-12-20(25)16-35-27(36)14-21(33-29(35)32)8-9-22(17(2)31)18-6-11-26-23(13-18)24(34-28(19)37)15-30(3,4)39-26;1-2/h6-7,10-13,17,21-22,24H,5,8-9,14-16H2,1-4H3,(H2,32,33)(H,34,37);1-2H3. The molecule has 6 bridgehead atoms. The van der Waals surface area contributed by atoms with Crippen LogP contribution in [-0.2, 0) is 11.3 Å². The van der Waals surface area contributed by atoms with Gasteiger partial charge in [0.15, 0.2) is 5.96 Å². The Labute approximate surface area is 242 Å². The Hall–Kier alpha value is -3.62. The second-order valence-corrected chi connectivity index (χ2v) is 11.3. The van der Waals surface area contributed by atoms with Gasteiger partial charge in [0.25, 0.3) is 5.91 Å². The predicted molar refractivity (Wildman–Crippen MR) is 158 cm³/mol. The van der Waals surface area contributed by atoms with Crippen molar-refractivity contribution in [2.24, 2.45) is 10.7 Å². The molecular weight excluding hydrogens is 523 g/mol. The SMILES string of the molecule is CC.CCOc1ccc2cc1CN1C(=O)CC(CCC(C(C)F)c3ccc4c(c3)C(CC(C)(C)O4)NC2=O)N=C1N. The molecule has 41 heavy (non-hydrogen) atoms. The van der Waals surface area contributed by atoms with E-state index in [9.17, 15) is 14.0 Å². The van der Waals surface area contributed by atoms with Gasteiger partial charge in [-0.1, -0.05) is 19.9 Å². The number of nitrogens with zero attached hydrogens (tertiary/aromatic N) is 2. The summed E-state index contributed by atoms with van der Waals surface area (Å²) < 4.78 is 27.0. The maximum Gasteiger partial charge on any atom is 0.251 e. The predicted octanol–water partition coefficient (Wildman–Crippen LogP) is 5.79. The Balaban J connectivity index is 0.00000189. The van der Waals surface area contributed by atoms with Crippen molar-refractivity contribution in [3.05, 3.63) is 58.7 Å². The highest BCUT2D eigenvalue weighted by molar-refractivity contribution is 5.99. The Morgan fingerprint density at radius 2 is 1.95 bits per heavy atom. The van der Waals surface area contributed by atoms with Gasteiger partial charge in [0.05, 0.1) is 25.2 Å². The van der Waals surface area contributed by atoms with Crippen molar-refractivity contribution in [3.8, 4) is 11.5 Å². The summed E-state index contributed by atoms with van der Waals surface area (Å²) in [6.07, 6.45) is 0.662. The normalized spacial score (nSPS) is 24.1. The highest BCUT2D eigenvalue weighted by atomic mass is 19.1. The molecule has 0 fully saturated rings. The van der Waals surface area contributed by atoms with E-state index in [1.807, 2.05) is 52.8 Å². The molecule has 2 aromatic carbocycles. The summed E-state index contributed by atoms with van der Waals surface area (Å²) >= 11 is 0. The lowest BCUT2D eigenvalue weighted by Gasteiger charge is -2.38. The molecule has 2 amide bonds.